The van der Waals surface area contributed by atoms with Crippen LogP contribution in [0.5, 0.6) is 17.2 Å². The first-order valence-corrected chi connectivity index (χ1v) is 18.8. The number of aromatic nitrogens is 2. The van der Waals surface area contributed by atoms with Gasteiger partial charge in [0, 0.05) is 37.8 Å². The number of hydrogen-bond donors (Lipinski definition) is 3. The Labute approximate surface area is 325 Å². The fourth-order valence-corrected chi connectivity index (χ4v) is 7.14. The lowest BCUT2D eigenvalue weighted by Gasteiger charge is -2.30. The molecule has 0 saturated carbocycles. The predicted octanol–water partition coefficient (Wildman–Crippen LogP) is 4.17. The SMILES string of the molecule is COc1cc(OC)c2oc(COC(=O)Nc3ccn(C4OC(COP(N[C@@H](OC)C(=O)OC5CCN(C)CC5)Oc5ccccc5)[C@@H](O)C4(F)F)c(=O)n3)cc2c1. The monoisotopic (exact) mass is 821 g/mol. The van der Waals surface area contributed by atoms with Crippen molar-refractivity contribution in [2.45, 2.75) is 56.1 Å². The highest BCUT2D eigenvalue weighted by Gasteiger charge is 2.60. The van der Waals surface area contributed by atoms with E-state index in [1.54, 1.807) is 48.5 Å². The van der Waals surface area contributed by atoms with Gasteiger partial charge < -0.3 is 51.9 Å². The fraction of sp³-hybridized carbons (Fsp3) is 0.444. The number of furan rings is 1. The highest BCUT2D eigenvalue weighted by molar-refractivity contribution is 7.45. The van der Waals surface area contributed by atoms with E-state index in [1.807, 2.05) is 7.05 Å². The van der Waals surface area contributed by atoms with Gasteiger partial charge in [-0.15, -0.1) is 0 Å². The van der Waals surface area contributed by atoms with Gasteiger partial charge in [-0.2, -0.15) is 13.8 Å². The molecule has 2 aliphatic rings. The van der Waals surface area contributed by atoms with Crippen LogP contribution in [0.25, 0.3) is 11.0 Å². The fourth-order valence-electron chi connectivity index (χ4n) is 5.97. The Hall–Kier alpha value is -4.95. The lowest BCUT2D eigenvalue weighted by Crippen LogP contribution is -2.43. The minimum absolute atomic E-state index is 0.270. The number of para-hydroxylation sites is 1. The number of ether oxygens (including phenoxy) is 6. The molecule has 0 bridgehead atoms. The van der Waals surface area contributed by atoms with Gasteiger partial charge in [0.2, 0.25) is 12.5 Å². The minimum Gasteiger partial charge on any atom is -0.497 e. The third-order valence-corrected chi connectivity index (χ3v) is 10.2. The zero-order chi connectivity index (χ0) is 40.7. The number of anilines is 1. The first-order valence-electron chi connectivity index (χ1n) is 17.6. The molecule has 2 saturated heterocycles. The third kappa shape index (κ3) is 10.1. The number of halogens is 2. The number of alkyl halides is 2. The molecule has 0 radical (unpaired) electrons. The Bertz CT molecular complexity index is 2050. The summed E-state index contributed by atoms with van der Waals surface area (Å²) in [4.78, 5) is 44.3. The van der Waals surface area contributed by atoms with E-state index >= 15 is 8.78 Å². The Morgan fingerprint density at radius 2 is 1.82 bits per heavy atom. The van der Waals surface area contributed by atoms with Crippen molar-refractivity contribution in [1.29, 1.82) is 0 Å². The first-order chi connectivity index (χ1) is 27.4. The summed E-state index contributed by atoms with van der Waals surface area (Å²) < 4.78 is 81.0. The average Bonchev–Trinajstić information content (AvgIpc) is 3.72. The van der Waals surface area contributed by atoms with E-state index < -0.39 is 63.5 Å². The Kier molecular flexibility index (Phi) is 13.6. The van der Waals surface area contributed by atoms with Crippen LogP contribution in [0.15, 0.2) is 70.0 Å². The molecule has 2 aromatic heterocycles. The predicted molar refractivity (Wildman–Crippen MR) is 197 cm³/mol. The number of amides is 1. The summed E-state index contributed by atoms with van der Waals surface area (Å²) >= 11 is 0. The Balaban J connectivity index is 1.07. The summed E-state index contributed by atoms with van der Waals surface area (Å²) in [6.07, 6.45) is -6.92. The number of fused-ring (bicyclic) bond motifs is 1. The molecule has 5 atom stereocenters. The molecule has 4 aromatic rings. The van der Waals surface area contributed by atoms with Crippen LogP contribution in [0, 0.1) is 0 Å². The summed E-state index contributed by atoms with van der Waals surface area (Å²) in [6.45, 7) is 0.526. The highest BCUT2D eigenvalue weighted by atomic mass is 31.2. The number of methoxy groups -OCH3 is 3. The second kappa shape index (κ2) is 18.5. The lowest BCUT2D eigenvalue weighted by molar-refractivity contribution is -0.163. The van der Waals surface area contributed by atoms with Crippen LogP contribution in [0.1, 0.15) is 24.8 Å². The maximum Gasteiger partial charge on any atom is 0.413 e. The lowest BCUT2D eigenvalue weighted by atomic mass is 10.1. The van der Waals surface area contributed by atoms with Gasteiger partial charge in [-0.1, -0.05) is 18.2 Å². The molecule has 1 amide bonds. The molecule has 2 aliphatic heterocycles. The molecule has 308 valence electrons. The number of nitrogens with one attached hydrogen (secondary N) is 2. The largest absolute Gasteiger partial charge is 0.497 e. The van der Waals surface area contributed by atoms with Gasteiger partial charge in [0.25, 0.3) is 0 Å². The van der Waals surface area contributed by atoms with E-state index in [2.05, 4.69) is 20.3 Å². The molecular formula is C36H42F2N5O13P. The number of hydrogen-bond acceptors (Lipinski definition) is 16. The Morgan fingerprint density at radius 3 is 2.51 bits per heavy atom. The van der Waals surface area contributed by atoms with Gasteiger partial charge in [-0.3, -0.25) is 9.88 Å². The molecule has 3 unspecified atom stereocenters. The summed E-state index contributed by atoms with van der Waals surface area (Å²) in [5.41, 5.74) is -0.822. The number of rotatable bonds is 16. The van der Waals surface area contributed by atoms with Crippen molar-refractivity contribution in [3.63, 3.8) is 0 Å². The summed E-state index contributed by atoms with van der Waals surface area (Å²) in [5.74, 6) is -3.52. The number of likely N-dealkylation sites (tertiary alicyclic amines) is 1. The normalized spacial score (nSPS) is 20.8. The number of benzene rings is 2. The van der Waals surface area contributed by atoms with Crippen LogP contribution >= 0.6 is 8.53 Å². The van der Waals surface area contributed by atoms with Crippen molar-refractivity contribution < 1.29 is 65.4 Å². The van der Waals surface area contributed by atoms with Crippen LogP contribution in [0.2, 0.25) is 0 Å². The number of esters is 1. The zero-order valence-corrected chi connectivity index (χ0v) is 32.2. The molecule has 0 aliphatic carbocycles. The summed E-state index contributed by atoms with van der Waals surface area (Å²) in [6, 6.07) is 14.4. The van der Waals surface area contributed by atoms with Gasteiger partial charge in [-0.05, 0) is 50.2 Å². The van der Waals surface area contributed by atoms with Gasteiger partial charge >= 0.3 is 32.2 Å². The molecule has 2 aromatic carbocycles. The maximum absolute atomic E-state index is 15.5. The van der Waals surface area contributed by atoms with Crippen LogP contribution < -0.4 is 30.1 Å². The number of piperidine rings is 1. The second-order valence-electron chi connectivity index (χ2n) is 13.0. The molecule has 21 heteroatoms. The van der Waals surface area contributed by atoms with E-state index in [1.165, 1.54) is 21.3 Å². The topological polar surface area (TPSA) is 204 Å². The molecule has 6 rings (SSSR count). The first kappa shape index (κ1) is 41.7. The van der Waals surface area contributed by atoms with Gasteiger partial charge in [0.05, 0.1) is 20.8 Å². The number of nitrogens with zero attached hydrogens (tertiary/aromatic N) is 3. The minimum atomic E-state index is -4.00. The number of carbonyl (C=O) groups is 2. The second-order valence-corrected chi connectivity index (χ2v) is 14.2. The van der Waals surface area contributed by atoms with Crippen molar-refractivity contribution in [3.05, 3.63) is 77.0 Å². The molecule has 0 spiro atoms. The van der Waals surface area contributed by atoms with E-state index in [0.717, 1.165) is 25.4 Å². The van der Waals surface area contributed by atoms with Crippen molar-refractivity contribution in [2.24, 2.45) is 0 Å². The maximum atomic E-state index is 15.5. The molecule has 18 nitrogen and oxygen atoms in total. The molecule has 2 fully saturated rings. The molecule has 57 heavy (non-hydrogen) atoms. The van der Waals surface area contributed by atoms with Crippen molar-refractivity contribution in [3.8, 4) is 17.2 Å². The van der Waals surface area contributed by atoms with Crippen LogP contribution in [-0.2, 0) is 34.9 Å². The van der Waals surface area contributed by atoms with Crippen LogP contribution in [0.3, 0.4) is 0 Å². The molecule has 4 heterocycles. The molecule has 3 N–H and O–H groups in total. The standard InChI is InChI=1S/C36H42F2N5O13P/c1-42-13-10-22(11-14-42)54-32(45)31(50-4)41-57(56-23-8-6-5-7-9-23)52-20-27-30(44)36(37,38)33(55-27)43-15-12-28(39-34(43)46)40-35(47)51-19-25-17-21-16-24(48-2)18-26(49-3)29(21)53-25/h5-9,12,15-18,22,27,30-31,33,41,44H,10-11,13-14,19-20H2,1-4H3,(H,39,40,46,47)/t27?,30-,31+,33?,57?/m1/s1. The number of aliphatic hydroxyl groups is 1. The third-order valence-electron chi connectivity index (χ3n) is 9.01. The molecular weight excluding hydrogens is 779 g/mol. The van der Waals surface area contributed by atoms with Gasteiger partial charge in [-0.25, -0.2) is 19.5 Å². The Morgan fingerprint density at radius 1 is 1.07 bits per heavy atom. The van der Waals surface area contributed by atoms with Crippen molar-refractivity contribution in [2.75, 3.05) is 53.4 Å². The van der Waals surface area contributed by atoms with Crippen LogP contribution in [0.4, 0.5) is 19.4 Å². The van der Waals surface area contributed by atoms with Crippen molar-refractivity contribution in [1.82, 2.24) is 19.5 Å². The van der Waals surface area contributed by atoms with E-state index in [4.69, 9.17) is 41.9 Å². The smallest absolute Gasteiger partial charge is 0.413 e. The quantitative estimate of drug-likeness (QED) is 0.0825. The zero-order valence-electron chi connectivity index (χ0n) is 31.3. The summed E-state index contributed by atoms with van der Waals surface area (Å²) in [7, 11) is 3.91. The number of aliphatic hydroxyl groups excluding tert-OH is 1. The highest BCUT2D eigenvalue weighted by Crippen LogP contribution is 2.44. The van der Waals surface area contributed by atoms with Crippen molar-refractivity contribution >= 4 is 37.4 Å². The van der Waals surface area contributed by atoms with E-state index in [9.17, 15) is 19.5 Å². The van der Waals surface area contributed by atoms with Gasteiger partial charge in [0.15, 0.2) is 24.0 Å². The van der Waals surface area contributed by atoms with E-state index in [-0.39, 0.29) is 24.3 Å². The summed E-state index contributed by atoms with van der Waals surface area (Å²) in [5, 5.41) is 16.3. The van der Waals surface area contributed by atoms with E-state index in [0.29, 0.717) is 45.6 Å². The van der Waals surface area contributed by atoms with Crippen LogP contribution in [-0.4, -0.2) is 110 Å². The van der Waals surface area contributed by atoms with Gasteiger partial charge in [0.1, 0.15) is 35.3 Å². The number of carbonyl (C=O) groups excluding carboxylic acids is 2. The average molecular weight is 822 g/mol.